The van der Waals surface area contributed by atoms with E-state index in [0.29, 0.717) is 0 Å². The van der Waals surface area contributed by atoms with E-state index in [1.165, 1.54) is 6.07 Å². The Morgan fingerprint density at radius 3 is 2.35 bits per heavy atom. The zero-order valence-corrected chi connectivity index (χ0v) is 11.4. The summed E-state index contributed by atoms with van der Waals surface area (Å²) in [7, 11) is -4.01. The van der Waals surface area contributed by atoms with Gasteiger partial charge in [0.25, 0.3) is 0 Å². The van der Waals surface area contributed by atoms with Crippen LogP contribution in [0.5, 0.6) is 0 Å². The lowest BCUT2D eigenvalue weighted by atomic mass is 10.2. The molecule has 0 bridgehead atoms. The van der Waals surface area contributed by atoms with Gasteiger partial charge in [0.1, 0.15) is 0 Å². The monoisotopic (exact) mass is 350 g/mol. The van der Waals surface area contributed by atoms with E-state index >= 15 is 0 Å². The number of hydrogen-bond donors (Lipinski definition) is 0. The first-order chi connectivity index (χ1) is 7.68. The van der Waals surface area contributed by atoms with Crippen LogP contribution in [0.4, 0.5) is 13.2 Å². The Morgan fingerprint density at radius 2 is 1.88 bits per heavy atom. The van der Waals surface area contributed by atoms with Crippen LogP contribution in [0, 0.1) is 0 Å². The quantitative estimate of drug-likeness (QED) is 0.781. The van der Waals surface area contributed by atoms with Crippen molar-refractivity contribution < 1.29 is 21.6 Å². The van der Waals surface area contributed by atoms with Gasteiger partial charge in [-0.1, -0.05) is 15.9 Å². The topological polar surface area (TPSA) is 34.1 Å². The van der Waals surface area contributed by atoms with Crippen LogP contribution < -0.4 is 0 Å². The summed E-state index contributed by atoms with van der Waals surface area (Å²) < 4.78 is 61.4. The Balaban J connectivity index is 3.45. The minimum Gasteiger partial charge on any atom is -0.224 e. The van der Waals surface area contributed by atoms with Gasteiger partial charge in [-0.05, 0) is 18.2 Å². The molecule has 0 aliphatic rings. The van der Waals surface area contributed by atoms with E-state index < -0.39 is 32.2 Å². The van der Waals surface area contributed by atoms with Crippen LogP contribution in [-0.2, 0) is 16.0 Å². The summed E-state index contributed by atoms with van der Waals surface area (Å²) >= 11 is 8.14. The van der Waals surface area contributed by atoms with Crippen molar-refractivity contribution in [2.24, 2.45) is 0 Å². The van der Waals surface area contributed by atoms with Crippen molar-refractivity contribution in [1.29, 1.82) is 0 Å². The average Bonchev–Trinajstić information content (AvgIpc) is 2.15. The minimum absolute atomic E-state index is 0.162. The normalized spacial score (nSPS) is 12.8. The molecule has 8 heteroatoms. The summed E-state index contributed by atoms with van der Waals surface area (Å²) in [5.41, 5.74) is -1.18. The Morgan fingerprint density at radius 1 is 1.29 bits per heavy atom. The molecule has 1 aromatic carbocycles. The first-order valence-corrected chi connectivity index (χ1v) is 7.32. The summed E-state index contributed by atoms with van der Waals surface area (Å²) in [5.74, 6) is -0.783. The highest BCUT2D eigenvalue weighted by atomic mass is 79.9. The van der Waals surface area contributed by atoms with Gasteiger partial charge in [0, 0.05) is 10.4 Å². The third kappa shape index (κ3) is 3.59. The maximum Gasteiger partial charge on any atom is 0.417 e. The highest BCUT2D eigenvalue weighted by Gasteiger charge is 2.37. The van der Waals surface area contributed by atoms with Gasteiger partial charge in [-0.25, -0.2) is 8.42 Å². The fraction of sp³-hybridized carbons (Fsp3) is 0.333. The molecule has 17 heavy (non-hydrogen) atoms. The van der Waals surface area contributed by atoms with Crippen LogP contribution in [0.25, 0.3) is 0 Å². The number of hydrogen-bond acceptors (Lipinski definition) is 2. The van der Waals surface area contributed by atoms with Gasteiger partial charge in [0.15, 0.2) is 9.84 Å². The van der Waals surface area contributed by atoms with Crippen molar-refractivity contribution in [3.63, 3.8) is 0 Å². The largest absolute Gasteiger partial charge is 0.417 e. The van der Waals surface area contributed by atoms with E-state index in [9.17, 15) is 21.6 Å². The maximum atomic E-state index is 12.7. The van der Waals surface area contributed by atoms with Crippen LogP contribution >= 0.6 is 27.5 Å². The second-order valence-electron chi connectivity index (χ2n) is 3.15. The molecular formula is C9H7BrClF3O2S. The summed E-state index contributed by atoms with van der Waals surface area (Å²) in [4.78, 5) is -0.742. The van der Waals surface area contributed by atoms with Gasteiger partial charge < -0.3 is 0 Å². The first kappa shape index (κ1) is 14.8. The molecule has 0 N–H and O–H groups in total. The Hall–Kier alpha value is -0.270. The molecule has 0 fully saturated rings. The molecule has 96 valence electrons. The van der Waals surface area contributed by atoms with Crippen LogP contribution in [0.1, 0.15) is 5.56 Å². The molecule has 0 amide bonds. The van der Waals surface area contributed by atoms with Gasteiger partial charge in [-0.2, -0.15) is 13.2 Å². The highest BCUT2D eigenvalue weighted by molar-refractivity contribution is 9.10. The molecule has 0 heterocycles. The van der Waals surface area contributed by atoms with Crippen LogP contribution in [-0.4, -0.2) is 20.1 Å². The third-order valence-electron chi connectivity index (χ3n) is 1.93. The molecule has 0 saturated heterocycles. The molecule has 0 aliphatic carbocycles. The smallest absolute Gasteiger partial charge is 0.224 e. The van der Waals surface area contributed by atoms with Crippen LogP contribution in [0.3, 0.4) is 0 Å². The highest BCUT2D eigenvalue weighted by Crippen LogP contribution is 2.36. The van der Waals surface area contributed by atoms with Crippen LogP contribution in [0.15, 0.2) is 27.6 Å². The van der Waals surface area contributed by atoms with Gasteiger partial charge in [0.2, 0.25) is 0 Å². The molecule has 0 atom stereocenters. The van der Waals surface area contributed by atoms with Gasteiger partial charge in [0.05, 0.1) is 16.2 Å². The fourth-order valence-electron chi connectivity index (χ4n) is 1.21. The first-order valence-electron chi connectivity index (χ1n) is 4.34. The van der Waals surface area contributed by atoms with Gasteiger partial charge in [-0.15, -0.1) is 11.6 Å². The van der Waals surface area contributed by atoms with E-state index in [2.05, 4.69) is 15.9 Å². The molecule has 0 saturated carbocycles. The van der Waals surface area contributed by atoms with E-state index in [-0.39, 0.29) is 10.4 Å². The van der Waals surface area contributed by atoms with E-state index in [1.54, 1.807) is 0 Å². The number of rotatable bonds is 3. The predicted molar refractivity (Wildman–Crippen MR) is 61.9 cm³/mol. The SMILES string of the molecule is O=S(=O)(CCCl)c1ccc(Br)cc1C(F)(F)F. The Bertz CT molecular complexity index is 513. The number of benzene rings is 1. The Labute approximate surface area is 110 Å². The zero-order chi connectivity index (χ0) is 13.3. The number of sulfone groups is 1. The zero-order valence-electron chi connectivity index (χ0n) is 8.26. The van der Waals surface area contributed by atoms with E-state index in [0.717, 1.165) is 12.1 Å². The molecule has 0 radical (unpaired) electrons. The molecule has 0 unspecified atom stereocenters. The molecular weight excluding hydrogens is 345 g/mol. The third-order valence-corrected chi connectivity index (χ3v) is 4.60. The summed E-state index contributed by atoms with van der Waals surface area (Å²) in [6, 6.07) is 2.91. The standard InChI is InChI=1S/C9H7BrClF3O2S/c10-6-1-2-8(17(15,16)4-3-11)7(5-6)9(12,13)14/h1-2,5H,3-4H2. The minimum atomic E-state index is -4.72. The lowest BCUT2D eigenvalue weighted by molar-refractivity contribution is -0.139. The Kier molecular flexibility index (Phi) is 4.49. The maximum absolute atomic E-state index is 12.7. The molecule has 1 rings (SSSR count). The predicted octanol–water partition coefficient (Wildman–Crippen LogP) is 3.48. The molecule has 1 aromatic rings. The van der Waals surface area contributed by atoms with Crippen molar-refractivity contribution >= 4 is 37.4 Å². The molecule has 2 nitrogen and oxygen atoms in total. The van der Waals surface area contributed by atoms with E-state index in [4.69, 9.17) is 11.6 Å². The van der Waals surface area contributed by atoms with Gasteiger partial charge in [-0.3, -0.25) is 0 Å². The van der Waals surface area contributed by atoms with Crippen molar-refractivity contribution in [2.75, 3.05) is 11.6 Å². The van der Waals surface area contributed by atoms with Crippen molar-refractivity contribution in [3.8, 4) is 0 Å². The van der Waals surface area contributed by atoms with Crippen molar-refractivity contribution in [2.45, 2.75) is 11.1 Å². The average molecular weight is 352 g/mol. The second-order valence-corrected chi connectivity index (χ2v) is 6.52. The fourth-order valence-corrected chi connectivity index (χ4v) is 3.39. The van der Waals surface area contributed by atoms with E-state index in [1.807, 2.05) is 0 Å². The lowest BCUT2D eigenvalue weighted by Gasteiger charge is -2.13. The summed E-state index contributed by atoms with van der Waals surface area (Å²) in [5, 5.41) is 0. The number of alkyl halides is 4. The van der Waals surface area contributed by atoms with Crippen LogP contribution in [0.2, 0.25) is 0 Å². The van der Waals surface area contributed by atoms with Gasteiger partial charge >= 0.3 is 6.18 Å². The lowest BCUT2D eigenvalue weighted by Crippen LogP contribution is -2.16. The number of halogens is 5. The second kappa shape index (κ2) is 5.16. The van der Waals surface area contributed by atoms with Crippen molar-refractivity contribution in [3.05, 3.63) is 28.2 Å². The molecule has 0 spiro atoms. The molecule has 0 aromatic heterocycles. The summed E-state index contributed by atoms with van der Waals surface area (Å²) in [6.07, 6.45) is -4.72. The summed E-state index contributed by atoms with van der Waals surface area (Å²) in [6.45, 7) is 0. The van der Waals surface area contributed by atoms with Crippen molar-refractivity contribution in [1.82, 2.24) is 0 Å². The molecule has 0 aliphatic heterocycles.